The highest BCUT2D eigenvalue weighted by Gasteiger charge is 2.04. The van der Waals surface area contributed by atoms with E-state index in [0.717, 1.165) is 16.5 Å². The SMILES string of the molecule is CCc1cn(Cc2ccc3ncccc3c2)c(=O)[nH]c1=O. The summed E-state index contributed by atoms with van der Waals surface area (Å²) < 4.78 is 1.53. The monoisotopic (exact) mass is 281 g/mol. The molecule has 2 aromatic heterocycles. The molecule has 0 aliphatic carbocycles. The Balaban J connectivity index is 2.02. The first kappa shape index (κ1) is 13.3. The van der Waals surface area contributed by atoms with Gasteiger partial charge in [0.1, 0.15) is 0 Å². The minimum atomic E-state index is -0.386. The van der Waals surface area contributed by atoms with E-state index in [2.05, 4.69) is 9.97 Å². The lowest BCUT2D eigenvalue weighted by molar-refractivity contribution is 0.708. The Hall–Kier alpha value is -2.69. The van der Waals surface area contributed by atoms with Crippen LogP contribution in [0.3, 0.4) is 0 Å². The number of benzene rings is 1. The molecule has 0 unspecified atom stereocenters. The first-order chi connectivity index (χ1) is 10.2. The molecule has 1 aromatic carbocycles. The summed E-state index contributed by atoms with van der Waals surface area (Å²) >= 11 is 0. The van der Waals surface area contributed by atoms with E-state index in [9.17, 15) is 9.59 Å². The highest BCUT2D eigenvalue weighted by Crippen LogP contribution is 2.13. The molecule has 2 heterocycles. The summed E-state index contributed by atoms with van der Waals surface area (Å²) in [4.78, 5) is 30.1. The van der Waals surface area contributed by atoms with Crippen molar-refractivity contribution >= 4 is 10.9 Å². The van der Waals surface area contributed by atoms with Gasteiger partial charge in [0.2, 0.25) is 0 Å². The van der Waals surface area contributed by atoms with Crippen LogP contribution in [-0.2, 0) is 13.0 Å². The molecule has 3 aromatic rings. The van der Waals surface area contributed by atoms with Crippen molar-refractivity contribution in [1.29, 1.82) is 0 Å². The maximum atomic E-state index is 11.9. The van der Waals surface area contributed by atoms with Crippen molar-refractivity contribution in [2.75, 3.05) is 0 Å². The van der Waals surface area contributed by atoms with Crippen LogP contribution in [0.1, 0.15) is 18.1 Å². The molecule has 21 heavy (non-hydrogen) atoms. The maximum absolute atomic E-state index is 11.9. The second-order valence-corrected chi connectivity index (χ2v) is 4.93. The molecule has 3 rings (SSSR count). The molecule has 1 N–H and O–H groups in total. The van der Waals surface area contributed by atoms with Crippen LogP contribution in [0.5, 0.6) is 0 Å². The number of hydrogen-bond donors (Lipinski definition) is 1. The Kier molecular flexibility index (Phi) is 3.39. The molecule has 0 saturated carbocycles. The largest absolute Gasteiger partial charge is 0.328 e. The standard InChI is InChI=1S/C16H15N3O2/c1-2-12-10-19(16(21)18-15(12)20)9-11-5-6-14-13(8-11)4-3-7-17-14/h3-8,10H,2,9H2,1H3,(H,18,20,21). The Labute approximate surface area is 120 Å². The van der Waals surface area contributed by atoms with Crippen LogP contribution in [0.25, 0.3) is 10.9 Å². The van der Waals surface area contributed by atoms with E-state index >= 15 is 0 Å². The molecular formula is C16H15N3O2. The fourth-order valence-corrected chi connectivity index (χ4v) is 2.34. The number of pyridine rings is 1. The highest BCUT2D eigenvalue weighted by molar-refractivity contribution is 5.78. The normalized spacial score (nSPS) is 10.9. The number of H-pyrrole nitrogens is 1. The van der Waals surface area contributed by atoms with Gasteiger partial charge >= 0.3 is 5.69 Å². The summed E-state index contributed by atoms with van der Waals surface area (Å²) in [6, 6.07) is 9.75. The zero-order valence-corrected chi connectivity index (χ0v) is 11.7. The molecule has 0 aliphatic heterocycles. The van der Waals surface area contributed by atoms with Crippen molar-refractivity contribution in [2.45, 2.75) is 19.9 Å². The fraction of sp³-hybridized carbons (Fsp3) is 0.188. The van der Waals surface area contributed by atoms with Crippen molar-refractivity contribution in [3.05, 3.63) is 74.7 Å². The third-order valence-corrected chi connectivity index (χ3v) is 3.49. The van der Waals surface area contributed by atoms with Gasteiger partial charge in [0, 0.05) is 23.3 Å². The quantitative estimate of drug-likeness (QED) is 0.794. The van der Waals surface area contributed by atoms with Crippen LogP contribution < -0.4 is 11.2 Å². The second-order valence-electron chi connectivity index (χ2n) is 4.93. The molecule has 5 nitrogen and oxygen atoms in total. The maximum Gasteiger partial charge on any atom is 0.328 e. The number of fused-ring (bicyclic) bond motifs is 1. The van der Waals surface area contributed by atoms with Gasteiger partial charge in [0.05, 0.1) is 12.1 Å². The molecule has 5 heteroatoms. The van der Waals surface area contributed by atoms with Crippen molar-refractivity contribution in [3.8, 4) is 0 Å². The average Bonchev–Trinajstić information content (AvgIpc) is 2.50. The van der Waals surface area contributed by atoms with Crippen LogP contribution in [0, 0.1) is 0 Å². The van der Waals surface area contributed by atoms with Gasteiger partial charge in [-0.15, -0.1) is 0 Å². The van der Waals surface area contributed by atoms with E-state index in [0.29, 0.717) is 18.5 Å². The average molecular weight is 281 g/mol. The summed E-state index contributed by atoms with van der Waals surface area (Å²) in [7, 11) is 0. The number of aromatic nitrogens is 3. The van der Waals surface area contributed by atoms with Crippen LogP contribution in [0.2, 0.25) is 0 Å². The first-order valence-corrected chi connectivity index (χ1v) is 6.83. The van der Waals surface area contributed by atoms with Crippen molar-refractivity contribution in [2.24, 2.45) is 0 Å². The Bertz CT molecular complexity index is 909. The molecular weight excluding hydrogens is 266 g/mol. The lowest BCUT2D eigenvalue weighted by Crippen LogP contribution is -2.31. The van der Waals surface area contributed by atoms with Gasteiger partial charge in [0.15, 0.2) is 0 Å². The summed E-state index contributed by atoms with van der Waals surface area (Å²) in [5, 5.41) is 1.03. The Morgan fingerprint density at radius 2 is 2.10 bits per heavy atom. The lowest BCUT2D eigenvalue weighted by atomic mass is 10.1. The van der Waals surface area contributed by atoms with Crippen LogP contribution in [0.15, 0.2) is 52.3 Å². The van der Waals surface area contributed by atoms with Crippen LogP contribution in [-0.4, -0.2) is 14.5 Å². The number of nitrogens with zero attached hydrogens (tertiary/aromatic N) is 2. The zero-order valence-electron chi connectivity index (χ0n) is 11.7. The van der Waals surface area contributed by atoms with Gasteiger partial charge < -0.3 is 0 Å². The van der Waals surface area contributed by atoms with E-state index in [1.54, 1.807) is 12.4 Å². The molecule has 0 amide bonds. The molecule has 0 fully saturated rings. The van der Waals surface area contributed by atoms with Gasteiger partial charge in [-0.3, -0.25) is 19.3 Å². The number of hydrogen-bond acceptors (Lipinski definition) is 3. The minimum Gasteiger partial charge on any atom is -0.296 e. The van der Waals surface area contributed by atoms with E-state index in [-0.39, 0.29) is 11.2 Å². The van der Waals surface area contributed by atoms with Crippen molar-refractivity contribution in [3.63, 3.8) is 0 Å². The first-order valence-electron chi connectivity index (χ1n) is 6.83. The predicted molar refractivity (Wildman–Crippen MR) is 81.5 cm³/mol. The minimum absolute atomic E-state index is 0.304. The number of nitrogens with one attached hydrogen (secondary N) is 1. The van der Waals surface area contributed by atoms with E-state index < -0.39 is 0 Å². The lowest BCUT2D eigenvalue weighted by Gasteiger charge is -2.08. The molecule has 0 aliphatic rings. The summed E-state index contributed by atoms with van der Waals surface area (Å²) in [6.07, 6.45) is 3.98. The highest BCUT2D eigenvalue weighted by atomic mass is 16.2. The summed E-state index contributed by atoms with van der Waals surface area (Å²) in [5.74, 6) is 0. The van der Waals surface area contributed by atoms with Crippen LogP contribution in [0.4, 0.5) is 0 Å². The van der Waals surface area contributed by atoms with Gasteiger partial charge in [-0.05, 0) is 30.2 Å². The molecule has 0 bridgehead atoms. The van der Waals surface area contributed by atoms with E-state index in [1.807, 2.05) is 37.3 Å². The Morgan fingerprint density at radius 1 is 1.24 bits per heavy atom. The van der Waals surface area contributed by atoms with Gasteiger partial charge in [-0.2, -0.15) is 0 Å². The van der Waals surface area contributed by atoms with E-state index in [4.69, 9.17) is 0 Å². The molecule has 0 saturated heterocycles. The molecule has 106 valence electrons. The summed E-state index contributed by atoms with van der Waals surface area (Å²) in [5.41, 5.74) is 1.83. The second kappa shape index (κ2) is 5.36. The fourth-order valence-electron chi connectivity index (χ4n) is 2.34. The predicted octanol–water partition coefficient (Wildman–Crippen LogP) is 1.70. The molecule has 0 radical (unpaired) electrons. The Morgan fingerprint density at radius 3 is 2.90 bits per heavy atom. The zero-order chi connectivity index (χ0) is 14.8. The number of rotatable bonds is 3. The van der Waals surface area contributed by atoms with Crippen LogP contribution >= 0.6 is 0 Å². The van der Waals surface area contributed by atoms with Gasteiger partial charge in [-0.25, -0.2) is 4.79 Å². The van der Waals surface area contributed by atoms with Crippen molar-refractivity contribution in [1.82, 2.24) is 14.5 Å². The third-order valence-electron chi connectivity index (χ3n) is 3.49. The smallest absolute Gasteiger partial charge is 0.296 e. The summed E-state index contributed by atoms with van der Waals surface area (Å²) in [6.45, 7) is 2.31. The number of aryl methyl sites for hydroxylation is 1. The molecule has 0 atom stereocenters. The van der Waals surface area contributed by atoms with E-state index in [1.165, 1.54) is 4.57 Å². The topological polar surface area (TPSA) is 67.8 Å². The third kappa shape index (κ3) is 2.63. The molecule has 0 spiro atoms. The van der Waals surface area contributed by atoms with Crippen molar-refractivity contribution < 1.29 is 0 Å². The number of aromatic amines is 1. The van der Waals surface area contributed by atoms with Gasteiger partial charge in [-0.1, -0.05) is 19.1 Å². The van der Waals surface area contributed by atoms with Gasteiger partial charge in [0.25, 0.3) is 5.56 Å².